The van der Waals surface area contributed by atoms with E-state index in [-0.39, 0.29) is 53.5 Å². The molecule has 0 N–H and O–H groups in total. The Bertz CT molecular complexity index is 1840. The maximum absolute atomic E-state index is 14.0. The van der Waals surface area contributed by atoms with Gasteiger partial charge in [0.05, 0.1) is 52.2 Å². The van der Waals surface area contributed by atoms with Crippen molar-refractivity contribution in [1.82, 2.24) is 4.57 Å². The molecule has 14 heteroatoms. The number of nitriles is 1. The lowest BCUT2D eigenvalue weighted by molar-refractivity contribution is -0.143. The number of rotatable bonds is 11. The summed E-state index contributed by atoms with van der Waals surface area (Å²) in [7, 11) is 1.25. The predicted molar refractivity (Wildman–Crippen MR) is 163 cm³/mol. The molecule has 0 aliphatic carbocycles. The topological polar surface area (TPSA) is 138 Å². The van der Waals surface area contributed by atoms with Crippen molar-refractivity contribution < 1.29 is 33.3 Å². The van der Waals surface area contributed by atoms with Crippen LogP contribution in [0.2, 0.25) is 10.0 Å². The third-order valence-electron chi connectivity index (χ3n) is 6.27. The molecule has 0 spiro atoms. The van der Waals surface area contributed by atoms with E-state index in [4.69, 9.17) is 47.4 Å². The number of methoxy groups -OCH3 is 1. The predicted octanol–water partition coefficient (Wildman–Crippen LogP) is 3.96. The Balaban J connectivity index is 1.88. The highest BCUT2D eigenvalue weighted by Crippen LogP contribution is 2.37. The van der Waals surface area contributed by atoms with Crippen LogP contribution in [0.1, 0.15) is 37.9 Å². The van der Waals surface area contributed by atoms with E-state index in [0.717, 1.165) is 11.3 Å². The Morgan fingerprint density at radius 3 is 2.45 bits per heavy atom. The molecular formula is C30H27Cl2N3O8S. The quantitative estimate of drug-likeness (QED) is 0.280. The smallest absolute Gasteiger partial charge is 0.343 e. The first-order valence-corrected chi connectivity index (χ1v) is 14.8. The first kappa shape index (κ1) is 32.6. The molecule has 1 aliphatic heterocycles. The standard InChI is InChI=1S/C30H27Cl2N3O8S/c1-5-40-22-14-18(7-8-21(22)43-15-24(36)39-4)26-25(29(38)41-6-2)16(3)34-30-35(26)28(37)23(44-30)13-17-11-19(31)27(20(32)12-17)42-10-9-33/h7-8,11-14,26H,5-6,10,15H2,1-4H3/b23-13-/t26-/m0/s1. The number of ether oxygens (including phenoxy) is 5. The molecule has 0 saturated carbocycles. The number of benzene rings is 2. The number of thiazole rings is 1. The first-order valence-electron chi connectivity index (χ1n) is 13.3. The Labute approximate surface area is 266 Å². The van der Waals surface area contributed by atoms with Gasteiger partial charge in [-0.2, -0.15) is 5.26 Å². The summed E-state index contributed by atoms with van der Waals surface area (Å²) in [5.74, 6) is -0.450. The number of carbonyl (C=O) groups excluding carboxylic acids is 2. The SMILES string of the molecule is CCOC(=O)C1=C(C)N=c2s/c(=C\c3cc(Cl)c(OCC#N)c(Cl)c3)c(=O)n2[C@H]1c1ccc(OCC(=O)OC)c(OCC)c1. The Hall–Kier alpha value is -4.31. The molecular weight excluding hydrogens is 633 g/mol. The molecule has 2 heterocycles. The van der Waals surface area contributed by atoms with Gasteiger partial charge in [0.15, 0.2) is 35.3 Å². The maximum Gasteiger partial charge on any atom is 0.343 e. The van der Waals surface area contributed by atoms with Gasteiger partial charge >= 0.3 is 11.9 Å². The van der Waals surface area contributed by atoms with Crippen molar-refractivity contribution in [3.63, 3.8) is 0 Å². The summed E-state index contributed by atoms with van der Waals surface area (Å²) < 4.78 is 28.4. The Kier molecular flexibility index (Phi) is 10.7. The Morgan fingerprint density at radius 1 is 1.09 bits per heavy atom. The highest BCUT2D eigenvalue weighted by atomic mass is 35.5. The Morgan fingerprint density at radius 2 is 1.82 bits per heavy atom. The highest BCUT2D eigenvalue weighted by Gasteiger charge is 2.34. The van der Waals surface area contributed by atoms with Crippen LogP contribution in [-0.2, 0) is 19.1 Å². The molecule has 3 aromatic rings. The fraction of sp³-hybridized carbons (Fsp3) is 0.300. The monoisotopic (exact) mass is 659 g/mol. The minimum atomic E-state index is -0.921. The van der Waals surface area contributed by atoms with Crippen LogP contribution in [-0.4, -0.2) is 50.0 Å². The summed E-state index contributed by atoms with van der Waals surface area (Å²) in [5.41, 5.74) is 1.18. The second kappa shape index (κ2) is 14.4. The summed E-state index contributed by atoms with van der Waals surface area (Å²) in [4.78, 5) is 43.8. The van der Waals surface area contributed by atoms with Crippen molar-refractivity contribution in [2.24, 2.45) is 4.99 Å². The molecule has 230 valence electrons. The van der Waals surface area contributed by atoms with Gasteiger partial charge in [-0.3, -0.25) is 9.36 Å². The zero-order chi connectivity index (χ0) is 32.0. The number of fused-ring (bicyclic) bond motifs is 1. The summed E-state index contributed by atoms with van der Waals surface area (Å²) in [6.45, 7) is 4.98. The number of allylic oxidation sites excluding steroid dienone is 1. The molecule has 0 bridgehead atoms. The summed E-state index contributed by atoms with van der Waals surface area (Å²) in [6.07, 6.45) is 1.60. The molecule has 2 aromatic carbocycles. The normalized spacial score (nSPS) is 14.3. The third-order valence-corrected chi connectivity index (χ3v) is 7.82. The summed E-state index contributed by atoms with van der Waals surface area (Å²) >= 11 is 13.8. The van der Waals surface area contributed by atoms with E-state index in [9.17, 15) is 14.4 Å². The van der Waals surface area contributed by atoms with Crippen LogP contribution in [0.5, 0.6) is 17.2 Å². The molecule has 4 rings (SSSR count). The summed E-state index contributed by atoms with van der Waals surface area (Å²) in [6, 6.07) is 8.98. The lowest BCUT2D eigenvalue weighted by Gasteiger charge is -2.25. The first-order chi connectivity index (χ1) is 21.1. The molecule has 0 saturated heterocycles. The highest BCUT2D eigenvalue weighted by molar-refractivity contribution is 7.07. The lowest BCUT2D eigenvalue weighted by atomic mass is 9.95. The molecule has 1 atom stereocenters. The van der Waals surface area contributed by atoms with Crippen molar-refractivity contribution in [3.8, 4) is 23.3 Å². The van der Waals surface area contributed by atoms with E-state index in [1.54, 1.807) is 57.2 Å². The molecule has 1 aromatic heterocycles. The van der Waals surface area contributed by atoms with Crippen LogP contribution < -0.4 is 29.1 Å². The minimum absolute atomic E-state index is 0.118. The van der Waals surface area contributed by atoms with E-state index in [2.05, 4.69) is 9.73 Å². The number of carbonyl (C=O) groups is 2. The van der Waals surface area contributed by atoms with Gasteiger partial charge in [-0.25, -0.2) is 14.6 Å². The minimum Gasteiger partial charge on any atom is -0.490 e. The largest absolute Gasteiger partial charge is 0.490 e. The second-order valence-corrected chi connectivity index (χ2v) is 10.9. The molecule has 0 fully saturated rings. The molecule has 44 heavy (non-hydrogen) atoms. The van der Waals surface area contributed by atoms with Crippen molar-refractivity contribution in [2.75, 3.05) is 33.5 Å². The van der Waals surface area contributed by atoms with E-state index in [0.29, 0.717) is 31.9 Å². The van der Waals surface area contributed by atoms with Crippen LogP contribution in [0, 0.1) is 11.3 Å². The fourth-order valence-corrected chi connectivity index (χ4v) is 6.10. The molecule has 1 aliphatic rings. The van der Waals surface area contributed by atoms with Gasteiger partial charge in [0.25, 0.3) is 5.56 Å². The van der Waals surface area contributed by atoms with Gasteiger partial charge in [-0.15, -0.1) is 0 Å². The zero-order valence-electron chi connectivity index (χ0n) is 24.1. The van der Waals surface area contributed by atoms with Crippen molar-refractivity contribution >= 4 is 52.6 Å². The van der Waals surface area contributed by atoms with Gasteiger partial charge in [0.1, 0.15) is 6.07 Å². The summed E-state index contributed by atoms with van der Waals surface area (Å²) in [5, 5.41) is 9.15. The van der Waals surface area contributed by atoms with E-state index in [1.807, 2.05) is 6.07 Å². The van der Waals surface area contributed by atoms with Gasteiger partial charge in [0, 0.05) is 0 Å². The maximum atomic E-state index is 14.0. The molecule has 11 nitrogen and oxygen atoms in total. The number of esters is 2. The van der Waals surface area contributed by atoms with Crippen LogP contribution >= 0.6 is 34.5 Å². The van der Waals surface area contributed by atoms with Gasteiger partial charge in [-0.1, -0.05) is 40.6 Å². The van der Waals surface area contributed by atoms with Crippen molar-refractivity contribution in [3.05, 3.63) is 82.5 Å². The van der Waals surface area contributed by atoms with Gasteiger partial charge in [0.2, 0.25) is 0 Å². The fourth-order valence-electron chi connectivity index (χ4n) is 4.44. The molecule has 0 radical (unpaired) electrons. The average Bonchev–Trinajstić information content (AvgIpc) is 3.29. The number of halogens is 2. The van der Waals surface area contributed by atoms with Crippen LogP contribution in [0.4, 0.5) is 0 Å². The van der Waals surface area contributed by atoms with Gasteiger partial charge in [-0.05, 0) is 62.2 Å². The van der Waals surface area contributed by atoms with Crippen LogP contribution in [0.3, 0.4) is 0 Å². The van der Waals surface area contributed by atoms with E-state index < -0.39 is 23.5 Å². The van der Waals surface area contributed by atoms with E-state index >= 15 is 0 Å². The number of hydrogen-bond donors (Lipinski definition) is 0. The second-order valence-electron chi connectivity index (χ2n) is 9.07. The lowest BCUT2D eigenvalue weighted by Crippen LogP contribution is -2.40. The number of aromatic nitrogens is 1. The van der Waals surface area contributed by atoms with Gasteiger partial charge < -0.3 is 23.7 Å². The zero-order valence-corrected chi connectivity index (χ0v) is 26.5. The average molecular weight is 661 g/mol. The van der Waals surface area contributed by atoms with Crippen LogP contribution in [0.15, 0.2) is 51.4 Å². The van der Waals surface area contributed by atoms with Crippen LogP contribution in [0.25, 0.3) is 6.08 Å². The molecule has 0 unspecified atom stereocenters. The van der Waals surface area contributed by atoms with Crippen molar-refractivity contribution in [1.29, 1.82) is 5.26 Å². The van der Waals surface area contributed by atoms with Crippen molar-refractivity contribution in [2.45, 2.75) is 26.8 Å². The third kappa shape index (κ3) is 6.91. The number of nitrogens with zero attached hydrogens (tertiary/aromatic N) is 3. The van der Waals surface area contributed by atoms with E-state index in [1.165, 1.54) is 11.7 Å². The molecule has 0 amide bonds. The number of hydrogen-bond acceptors (Lipinski definition) is 11.